The van der Waals surface area contributed by atoms with Crippen LogP contribution in [0, 0.1) is 5.92 Å². The monoisotopic (exact) mass is 543 g/mol. The van der Waals surface area contributed by atoms with E-state index in [1.807, 2.05) is 18.2 Å². The number of rotatable bonds is 5. The second-order valence-electron chi connectivity index (χ2n) is 12.7. The Labute approximate surface area is 238 Å². The quantitative estimate of drug-likeness (QED) is 0.445. The zero-order chi connectivity index (χ0) is 27.1. The van der Waals surface area contributed by atoms with Gasteiger partial charge >= 0.3 is 0 Å². The van der Waals surface area contributed by atoms with Crippen molar-refractivity contribution in [2.45, 2.75) is 70.0 Å². The molecule has 3 aromatic rings. The van der Waals surface area contributed by atoms with Crippen LogP contribution >= 0.6 is 0 Å². The number of phenolic OH excluding ortho intramolecular Hbond substituents is 1. The predicted molar refractivity (Wildman–Crippen MR) is 159 cm³/mol. The van der Waals surface area contributed by atoms with Crippen molar-refractivity contribution < 1.29 is 5.11 Å². The molecule has 1 aromatic carbocycles. The minimum Gasteiger partial charge on any atom is -0.507 e. The highest BCUT2D eigenvalue weighted by Gasteiger charge is 2.36. The Bertz CT molecular complexity index is 1300. The molecule has 1 atom stereocenters. The molecule has 0 bridgehead atoms. The molecule has 8 heteroatoms. The number of fused-ring (bicyclic) bond motifs is 3. The van der Waals surface area contributed by atoms with Gasteiger partial charge in [0.05, 0.1) is 5.69 Å². The average Bonchev–Trinajstić information content (AvgIpc) is 3.37. The number of aromatic nitrogens is 3. The standard InChI is InChI=1S/C32H45N7O/c1-22-31-27-20-29(26-4-2-3-5-30(26)40)35-36-32(27)34-28(31)12-17-39(22)25-8-6-24(7-9-25)38-15-10-23(11-16-38)21-37-18-13-33-14-19-37/h2-5,20,22-25,33,40H,6-19,21H2,1H3,(H,34,36)/t22-,24?,25?/m1/s1. The third kappa shape index (κ3) is 5.15. The van der Waals surface area contributed by atoms with E-state index >= 15 is 0 Å². The Morgan fingerprint density at radius 2 is 1.65 bits per heavy atom. The minimum absolute atomic E-state index is 0.246. The molecule has 0 amide bonds. The van der Waals surface area contributed by atoms with Gasteiger partial charge in [-0.05, 0) is 88.2 Å². The van der Waals surface area contributed by atoms with Crippen molar-refractivity contribution in [2.75, 3.05) is 52.4 Å². The third-order valence-corrected chi connectivity index (χ3v) is 10.4. The van der Waals surface area contributed by atoms with E-state index in [9.17, 15) is 5.11 Å². The molecule has 2 saturated heterocycles. The summed E-state index contributed by atoms with van der Waals surface area (Å²) in [7, 11) is 0. The number of nitrogens with one attached hydrogen (secondary N) is 2. The molecule has 0 radical (unpaired) electrons. The van der Waals surface area contributed by atoms with E-state index in [1.165, 1.54) is 82.5 Å². The van der Waals surface area contributed by atoms with Gasteiger partial charge < -0.3 is 25.2 Å². The van der Waals surface area contributed by atoms with Gasteiger partial charge in [-0.1, -0.05) is 12.1 Å². The van der Waals surface area contributed by atoms with Crippen molar-refractivity contribution in [1.82, 2.24) is 35.2 Å². The lowest BCUT2D eigenvalue weighted by molar-refractivity contribution is 0.0487. The molecule has 40 heavy (non-hydrogen) atoms. The van der Waals surface area contributed by atoms with E-state index < -0.39 is 0 Å². The van der Waals surface area contributed by atoms with Crippen LogP contribution in [0.2, 0.25) is 0 Å². The number of phenols is 1. The summed E-state index contributed by atoms with van der Waals surface area (Å²) in [5.41, 5.74) is 5.01. The number of piperidine rings is 1. The second kappa shape index (κ2) is 11.4. The van der Waals surface area contributed by atoms with Gasteiger partial charge in [-0.3, -0.25) is 4.90 Å². The van der Waals surface area contributed by atoms with Crippen LogP contribution in [-0.2, 0) is 6.42 Å². The Morgan fingerprint density at radius 1 is 0.900 bits per heavy atom. The summed E-state index contributed by atoms with van der Waals surface area (Å²) in [5, 5.41) is 24.0. The zero-order valence-electron chi connectivity index (χ0n) is 24.0. The highest BCUT2D eigenvalue weighted by Crippen LogP contribution is 2.40. The number of aromatic hydroxyl groups is 1. The number of benzene rings is 1. The largest absolute Gasteiger partial charge is 0.507 e. The van der Waals surface area contributed by atoms with Crippen LogP contribution in [-0.4, -0.2) is 99.4 Å². The number of likely N-dealkylation sites (tertiary alicyclic amines) is 1. The minimum atomic E-state index is 0.246. The molecule has 1 aliphatic carbocycles. The van der Waals surface area contributed by atoms with E-state index in [2.05, 4.69) is 48.2 Å². The number of hydrogen-bond acceptors (Lipinski definition) is 7. The topological polar surface area (TPSA) is 83.5 Å². The number of hydrogen-bond donors (Lipinski definition) is 3. The number of H-pyrrole nitrogens is 1. The molecule has 3 fully saturated rings. The Morgan fingerprint density at radius 3 is 2.42 bits per heavy atom. The molecule has 0 unspecified atom stereocenters. The van der Waals surface area contributed by atoms with Gasteiger partial charge in [0.1, 0.15) is 5.75 Å². The lowest BCUT2D eigenvalue weighted by Gasteiger charge is -2.46. The van der Waals surface area contributed by atoms with Crippen LogP contribution in [0.1, 0.15) is 62.7 Å². The fraction of sp³-hybridized carbons (Fsp3) is 0.625. The predicted octanol–water partition coefficient (Wildman–Crippen LogP) is 4.18. The van der Waals surface area contributed by atoms with Gasteiger partial charge in [-0.2, -0.15) is 0 Å². The van der Waals surface area contributed by atoms with E-state index in [0.717, 1.165) is 60.3 Å². The summed E-state index contributed by atoms with van der Waals surface area (Å²) < 4.78 is 0. The van der Waals surface area contributed by atoms with Gasteiger partial charge in [0, 0.05) is 80.5 Å². The van der Waals surface area contributed by atoms with Crippen LogP contribution in [0.4, 0.5) is 0 Å². The maximum Gasteiger partial charge on any atom is 0.160 e. The van der Waals surface area contributed by atoms with E-state index in [4.69, 9.17) is 0 Å². The lowest BCUT2D eigenvalue weighted by atomic mass is 9.85. The number of piperazine rings is 1. The molecule has 3 N–H and O–H groups in total. The molecule has 7 rings (SSSR count). The van der Waals surface area contributed by atoms with Crippen LogP contribution < -0.4 is 5.32 Å². The lowest BCUT2D eigenvalue weighted by Crippen LogP contribution is -2.50. The van der Waals surface area contributed by atoms with Crippen LogP contribution in [0.15, 0.2) is 30.3 Å². The van der Waals surface area contributed by atoms with Crippen molar-refractivity contribution in [3.05, 3.63) is 41.6 Å². The summed E-state index contributed by atoms with van der Waals surface area (Å²) in [6.07, 6.45) is 9.05. The summed E-state index contributed by atoms with van der Waals surface area (Å²) in [6, 6.07) is 11.3. The van der Waals surface area contributed by atoms with Gasteiger partial charge in [0.25, 0.3) is 0 Å². The zero-order valence-corrected chi connectivity index (χ0v) is 24.0. The maximum atomic E-state index is 10.4. The van der Waals surface area contributed by atoms with Crippen molar-refractivity contribution >= 4 is 11.0 Å². The molecule has 0 spiro atoms. The molecular formula is C32H45N7O. The first kappa shape index (κ1) is 26.4. The van der Waals surface area contributed by atoms with Crippen molar-refractivity contribution in [3.8, 4) is 17.0 Å². The number of nitrogens with zero attached hydrogens (tertiary/aromatic N) is 5. The first-order valence-corrected chi connectivity index (χ1v) is 15.7. The summed E-state index contributed by atoms with van der Waals surface area (Å²) in [5.74, 6) is 1.14. The van der Waals surface area contributed by atoms with Crippen molar-refractivity contribution in [1.29, 1.82) is 0 Å². The van der Waals surface area contributed by atoms with Crippen molar-refractivity contribution in [3.63, 3.8) is 0 Å². The molecule has 3 aliphatic heterocycles. The van der Waals surface area contributed by atoms with E-state index in [1.54, 1.807) is 6.07 Å². The average molecular weight is 544 g/mol. The van der Waals surface area contributed by atoms with E-state index in [-0.39, 0.29) is 5.75 Å². The summed E-state index contributed by atoms with van der Waals surface area (Å²) in [4.78, 5) is 11.9. The van der Waals surface area contributed by atoms with Gasteiger partial charge in [0.15, 0.2) is 5.65 Å². The van der Waals surface area contributed by atoms with Gasteiger partial charge in [-0.15, -0.1) is 10.2 Å². The SMILES string of the molecule is C[C@@H]1c2c([nH]c3nnc(-c4ccccc4O)cc23)CCN1C1CCC(N2CCC(CN3CCNCC3)CC2)CC1. The van der Waals surface area contributed by atoms with Gasteiger partial charge in [-0.25, -0.2) is 0 Å². The second-order valence-corrected chi connectivity index (χ2v) is 12.7. The molecular weight excluding hydrogens is 498 g/mol. The van der Waals surface area contributed by atoms with Crippen LogP contribution in [0.25, 0.3) is 22.3 Å². The third-order valence-electron chi connectivity index (χ3n) is 10.4. The normalized spacial score (nSPS) is 27.7. The molecule has 2 aromatic heterocycles. The first-order chi connectivity index (χ1) is 19.6. The fourth-order valence-corrected chi connectivity index (χ4v) is 8.17. The maximum absolute atomic E-state index is 10.4. The van der Waals surface area contributed by atoms with Crippen LogP contribution in [0.3, 0.4) is 0 Å². The number of aromatic amines is 1. The molecule has 8 nitrogen and oxygen atoms in total. The molecule has 5 heterocycles. The molecule has 214 valence electrons. The summed E-state index contributed by atoms with van der Waals surface area (Å²) >= 11 is 0. The smallest absolute Gasteiger partial charge is 0.160 e. The summed E-state index contributed by atoms with van der Waals surface area (Å²) in [6.45, 7) is 12.2. The Kier molecular flexibility index (Phi) is 7.52. The van der Waals surface area contributed by atoms with Crippen LogP contribution in [0.5, 0.6) is 5.75 Å². The Balaban J connectivity index is 0.981. The molecule has 4 aliphatic rings. The first-order valence-electron chi connectivity index (χ1n) is 15.7. The highest BCUT2D eigenvalue weighted by atomic mass is 16.3. The Hall–Kier alpha value is -2.52. The number of para-hydroxylation sites is 1. The highest BCUT2D eigenvalue weighted by molar-refractivity contribution is 5.86. The van der Waals surface area contributed by atoms with Gasteiger partial charge in [0.2, 0.25) is 0 Å². The van der Waals surface area contributed by atoms with E-state index in [0.29, 0.717) is 12.1 Å². The molecule has 1 saturated carbocycles. The van der Waals surface area contributed by atoms with Crippen molar-refractivity contribution in [2.24, 2.45) is 5.92 Å². The fourth-order valence-electron chi connectivity index (χ4n) is 8.17.